The number of hydrogen-bond acceptors (Lipinski definition) is 2. The van der Waals surface area contributed by atoms with Crippen LogP contribution < -0.4 is 5.32 Å². The summed E-state index contributed by atoms with van der Waals surface area (Å²) in [6, 6.07) is 7.26. The average Bonchev–Trinajstić information content (AvgIpc) is 2.30. The fourth-order valence-electron chi connectivity index (χ4n) is 1.12. The van der Waals surface area contributed by atoms with Crippen LogP contribution in [0.3, 0.4) is 0 Å². The monoisotopic (exact) mass is 314 g/mol. The lowest BCUT2D eigenvalue weighted by Crippen LogP contribution is -2.33. The second kappa shape index (κ2) is 5.52. The van der Waals surface area contributed by atoms with Gasteiger partial charge in [-0.25, -0.2) is 0 Å². The van der Waals surface area contributed by atoms with Gasteiger partial charge in [-0.3, -0.25) is 4.79 Å². The van der Waals surface area contributed by atoms with E-state index in [0.717, 1.165) is 0 Å². The fraction of sp³-hybridized carbons (Fsp3) is 0.333. The number of hydrogen-bond donors (Lipinski definition) is 1. The minimum Gasteiger partial charge on any atom is -0.350 e. The molecule has 1 aromatic rings. The third-order valence-corrected chi connectivity index (χ3v) is 3.49. The van der Waals surface area contributed by atoms with E-state index in [9.17, 15) is 4.79 Å². The second-order valence-electron chi connectivity index (χ2n) is 4.28. The lowest BCUT2D eigenvalue weighted by molar-refractivity contribution is 0.0944. The third kappa shape index (κ3) is 3.72. The number of benzene rings is 1. The van der Waals surface area contributed by atoms with Gasteiger partial charge in [-0.1, -0.05) is 17.7 Å². The van der Waals surface area contributed by atoms with Gasteiger partial charge in [0.25, 0.3) is 5.91 Å². The number of halogens is 2. The first-order chi connectivity index (χ1) is 7.87. The molecule has 0 aliphatic carbocycles. The van der Waals surface area contributed by atoms with Gasteiger partial charge in [0.05, 0.1) is 22.1 Å². The SMILES string of the molecule is CC(C)(C#N)CNC(=O)c1cccc(Br)c1Cl. The van der Waals surface area contributed by atoms with Crippen molar-refractivity contribution < 1.29 is 4.79 Å². The average molecular weight is 316 g/mol. The maximum Gasteiger partial charge on any atom is 0.252 e. The molecular weight excluding hydrogens is 304 g/mol. The summed E-state index contributed by atoms with van der Waals surface area (Å²) >= 11 is 9.25. The number of nitrogens with zero attached hydrogens (tertiary/aromatic N) is 1. The van der Waals surface area contributed by atoms with Crippen molar-refractivity contribution >= 4 is 33.4 Å². The highest BCUT2D eigenvalue weighted by Crippen LogP contribution is 2.26. The number of carbonyl (C=O) groups excluding carboxylic acids is 1. The van der Waals surface area contributed by atoms with E-state index >= 15 is 0 Å². The summed E-state index contributed by atoms with van der Waals surface area (Å²) in [6.07, 6.45) is 0. The van der Waals surface area contributed by atoms with E-state index in [1.807, 2.05) is 0 Å². The molecule has 1 rings (SSSR count). The summed E-state index contributed by atoms with van der Waals surface area (Å²) in [5.41, 5.74) is -0.191. The summed E-state index contributed by atoms with van der Waals surface area (Å²) < 4.78 is 0.673. The van der Waals surface area contributed by atoms with Crippen molar-refractivity contribution in [3.05, 3.63) is 33.3 Å². The number of carbonyl (C=O) groups is 1. The molecular formula is C12H12BrClN2O. The standard InChI is InChI=1S/C12H12BrClN2O/c1-12(2,6-15)7-16-11(17)8-4-3-5-9(13)10(8)14/h3-5H,7H2,1-2H3,(H,16,17). The smallest absolute Gasteiger partial charge is 0.252 e. The van der Waals surface area contributed by atoms with Crippen LogP contribution in [0.4, 0.5) is 0 Å². The van der Waals surface area contributed by atoms with Gasteiger partial charge in [-0.05, 0) is 41.9 Å². The summed E-state index contributed by atoms with van der Waals surface area (Å²) in [5.74, 6) is -0.278. The topological polar surface area (TPSA) is 52.9 Å². The van der Waals surface area contributed by atoms with Gasteiger partial charge in [-0.15, -0.1) is 0 Å². The van der Waals surface area contributed by atoms with Gasteiger partial charge in [0.2, 0.25) is 0 Å². The molecule has 5 heteroatoms. The molecule has 0 atom stereocenters. The quantitative estimate of drug-likeness (QED) is 0.929. The van der Waals surface area contributed by atoms with Crippen LogP contribution >= 0.6 is 27.5 Å². The predicted octanol–water partition coefficient (Wildman–Crippen LogP) is 3.38. The molecule has 3 nitrogen and oxygen atoms in total. The van der Waals surface area contributed by atoms with Crippen LogP contribution in [0.5, 0.6) is 0 Å². The molecule has 0 bridgehead atoms. The molecule has 0 saturated heterocycles. The molecule has 0 aliphatic heterocycles. The predicted molar refractivity (Wildman–Crippen MR) is 70.9 cm³/mol. The van der Waals surface area contributed by atoms with Crippen LogP contribution in [0.1, 0.15) is 24.2 Å². The zero-order chi connectivity index (χ0) is 13.1. The van der Waals surface area contributed by atoms with Crippen LogP contribution in [0.2, 0.25) is 5.02 Å². The van der Waals surface area contributed by atoms with Crippen LogP contribution in [0, 0.1) is 16.7 Å². The zero-order valence-electron chi connectivity index (χ0n) is 9.55. The van der Waals surface area contributed by atoms with Crippen molar-refractivity contribution in [1.82, 2.24) is 5.32 Å². The Morgan fingerprint density at radius 1 is 1.59 bits per heavy atom. The fourth-order valence-corrected chi connectivity index (χ4v) is 1.69. The van der Waals surface area contributed by atoms with Gasteiger partial charge in [0.15, 0.2) is 0 Å². The van der Waals surface area contributed by atoms with Crippen LogP contribution in [0.25, 0.3) is 0 Å². The molecule has 0 aromatic heterocycles. The highest BCUT2D eigenvalue weighted by molar-refractivity contribution is 9.10. The molecule has 17 heavy (non-hydrogen) atoms. The summed E-state index contributed by atoms with van der Waals surface area (Å²) in [7, 11) is 0. The van der Waals surface area contributed by atoms with E-state index in [4.69, 9.17) is 16.9 Å². The normalized spacial score (nSPS) is 10.8. The summed E-state index contributed by atoms with van der Waals surface area (Å²) in [5, 5.41) is 11.9. The molecule has 1 N–H and O–H groups in total. The number of nitrogens with one attached hydrogen (secondary N) is 1. The lowest BCUT2D eigenvalue weighted by Gasteiger charge is -2.16. The van der Waals surface area contributed by atoms with Crippen molar-refractivity contribution in [2.24, 2.45) is 5.41 Å². The van der Waals surface area contributed by atoms with E-state index < -0.39 is 5.41 Å². The van der Waals surface area contributed by atoms with Gasteiger partial charge < -0.3 is 5.32 Å². The number of amides is 1. The first kappa shape index (κ1) is 14.0. The van der Waals surface area contributed by atoms with Crippen LogP contribution in [0.15, 0.2) is 22.7 Å². The Labute approximate surface area is 114 Å². The minimum atomic E-state index is -0.589. The molecule has 0 radical (unpaired) electrons. The molecule has 0 aliphatic rings. The Morgan fingerprint density at radius 2 is 2.24 bits per heavy atom. The van der Waals surface area contributed by atoms with E-state index in [1.54, 1.807) is 32.0 Å². The van der Waals surface area contributed by atoms with Crippen molar-refractivity contribution in [3.63, 3.8) is 0 Å². The highest BCUT2D eigenvalue weighted by atomic mass is 79.9. The first-order valence-corrected chi connectivity index (χ1v) is 6.18. The largest absolute Gasteiger partial charge is 0.350 e. The van der Waals surface area contributed by atoms with Crippen LogP contribution in [-0.4, -0.2) is 12.5 Å². The molecule has 90 valence electrons. The molecule has 0 spiro atoms. The summed E-state index contributed by atoms with van der Waals surface area (Å²) in [4.78, 5) is 11.9. The van der Waals surface area contributed by atoms with Crippen molar-refractivity contribution in [3.8, 4) is 6.07 Å². The lowest BCUT2D eigenvalue weighted by atomic mass is 9.96. The van der Waals surface area contributed by atoms with Crippen LogP contribution in [-0.2, 0) is 0 Å². The summed E-state index contributed by atoms with van der Waals surface area (Å²) in [6.45, 7) is 3.80. The molecule has 1 aromatic carbocycles. The molecule has 0 saturated carbocycles. The Morgan fingerprint density at radius 3 is 2.82 bits per heavy atom. The van der Waals surface area contributed by atoms with E-state index in [-0.39, 0.29) is 12.5 Å². The third-order valence-electron chi connectivity index (χ3n) is 2.19. The Hall–Kier alpha value is -1.05. The minimum absolute atomic E-state index is 0.278. The molecule has 0 unspecified atom stereocenters. The van der Waals surface area contributed by atoms with Gasteiger partial charge in [0.1, 0.15) is 0 Å². The van der Waals surface area contributed by atoms with Crippen molar-refractivity contribution in [1.29, 1.82) is 5.26 Å². The first-order valence-electron chi connectivity index (χ1n) is 5.01. The molecule has 0 heterocycles. The maximum absolute atomic E-state index is 11.9. The van der Waals surface area contributed by atoms with Crippen molar-refractivity contribution in [2.45, 2.75) is 13.8 Å². The Bertz CT molecular complexity index is 480. The molecule has 1 amide bonds. The van der Waals surface area contributed by atoms with Gasteiger partial charge in [-0.2, -0.15) is 5.26 Å². The van der Waals surface area contributed by atoms with E-state index in [1.165, 1.54) is 0 Å². The second-order valence-corrected chi connectivity index (χ2v) is 5.51. The maximum atomic E-state index is 11.9. The molecule has 0 fully saturated rings. The van der Waals surface area contributed by atoms with E-state index in [0.29, 0.717) is 15.1 Å². The van der Waals surface area contributed by atoms with Gasteiger partial charge >= 0.3 is 0 Å². The number of rotatable bonds is 3. The number of nitriles is 1. The highest BCUT2D eigenvalue weighted by Gasteiger charge is 2.19. The van der Waals surface area contributed by atoms with Gasteiger partial charge in [0, 0.05) is 11.0 Å². The van der Waals surface area contributed by atoms with Crippen molar-refractivity contribution in [2.75, 3.05) is 6.54 Å². The Kier molecular flexibility index (Phi) is 4.55. The Balaban J connectivity index is 2.79. The zero-order valence-corrected chi connectivity index (χ0v) is 11.9. The van der Waals surface area contributed by atoms with E-state index in [2.05, 4.69) is 27.3 Å².